The minimum absolute atomic E-state index is 0.0398. The molecule has 0 aromatic rings. The van der Waals surface area contributed by atoms with E-state index in [-0.39, 0.29) is 18.2 Å². The van der Waals surface area contributed by atoms with Crippen LogP contribution in [0.2, 0.25) is 0 Å². The van der Waals surface area contributed by atoms with E-state index in [0.29, 0.717) is 13.2 Å². The van der Waals surface area contributed by atoms with Crippen LogP contribution in [0.3, 0.4) is 0 Å². The Labute approximate surface area is 85.3 Å². The van der Waals surface area contributed by atoms with Gasteiger partial charge in [-0.05, 0) is 12.8 Å². The third kappa shape index (κ3) is 2.45. The van der Waals surface area contributed by atoms with E-state index in [4.69, 9.17) is 4.74 Å². The van der Waals surface area contributed by atoms with Gasteiger partial charge in [0.25, 0.3) is 0 Å². The van der Waals surface area contributed by atoms with E-state index in [1.165, 1.54) is 0 Å². The fraction of sp³-hybridized carbons (Fsp3) is 1.00. The molecule has 84 valence electrons. The van der Waals surface area contributed by atoms with E-state index in [9.17, 15) is 10.2 Å². The summed E-state index contributed by atoms with van der Waals surface area (Å²) < 4.78 is 5.15. The second-order valence-corrected chi connectivity index (χ2v) is 4.00. The smallest absolute Gasteiger partial charge is 0.0948 e. The number of aliphatic hydroxyl groups is 2. The summed E-state index contributed by atoms with van der Waals surface area (Å²) in [6.45, 7) is 5.10. The standard InChI is InChI=1S/C10H21NO3/c1-3-10(4-2,7-12)11-8-5-14-6-9(8)13/h8-9,11-13H,3-7H2,1-2H3. The summed E-state index contributed by atoms with van der Waals surface area (Å²) in [5.41, 5.74) is -0.265. The molecule has 0 aromatic carbocycles. The molecule has 1 rings (SSSR count). The zero-order valence-corrected chi connectivity index (χ0v) is 8.99. The summed E-state index contributed by atoms with van der Waals surface area (Å²) >= 11 is 0. The van der Waals surface area contributed by atoms with E-state index >= 15 is 0 Å². The van der Waals surface area contributed by atoms with Crippen molar-refractivity contribution < 1.29 is 14.9 Å². The van der Waals surface area contributed by atoms with Crippen LogP contribution < -0.4 is 5.32 Å². The fourth-order valence-electron chi connectivity index (χ4n) is 1.80. The molecule has 0 saturated carbocycles. The summed E-state index contributed by atoms with van der Waals surface area (Å²) in [5.74, 6) is 0. The van der Waals surface area contributed by atoms with Gasteiger partial charge < -0.3 is 20.3 Å². The summed E-state index contributed by atoms with van der Waals surface area (Å²) in [5, 5.41) is 22.2. The van der Waals surface area contributed by atoms with Crippen molar-refractivity contribution in [2.24, 2.45) is 0 Å². The van der Waals surface area contributed by atoms with Crippen molar-refractivity contribution in [3.8, 4) is 0 Å². The van der Waals surface area contributed by atoms with Crippen molar-refractivity contribution in [2.45, 2.75) is 44.4 Å². The number of ether oxygens (including phenoxy) is 1. The van der Waals surface area contributed by atoms with Crippen LogP contribution in [-0.4, -0.2) is 47.7 Å². The van der Waals surface area contributed by atoms with Gasteiger partial charge in [-0.2, -0.15) is 0 Å². The van der Waals surface area contributed by atoms with Crippen LogP contribution in [0.4, 0.5) is 0 Å². The van der Waals surface area contributed by atoms with Gasteiger partial charge in [0, 0.05) is 5.54 Å². The molecule has 4 nitrogen and oxygen atoms in total. The van der Waals surface area contributed by atoms with Gasteiger partial charge in [0.1, 0.15) is 0 Å². The summed E-state index contributed by atoms with van der Waals surface area (Å²) in [6.07, 6.45) is 1.26. The molecule has 2 unspecified atom stereocenters. The number of nitrogens with one attached hydrogen (secondary N) is 1. The van der Waals surface area contributed by atoms with Crippen LogP contribution in [0.15, 0.2) is 0 Å². The monoisotopic (exact) mass is 203 g/mol. The lowest BCUT2D eigenvalue weighted by atomic mass is 9.92. The molecule has 1 aliphatic rings. The van der Waals surface area contributed by atoms with Gasteiger partial charge in [0.15, 0.2) is 0 Å². The summed E-state index contributed by atoms with van der Waals surface area (Å²) in [7, 11) is 0. The van der Waals surface area contributed by atoms with E-state index in [2.05, 4.69) is 5.32 Å². The largest absolute Gasteiger partial charge is 0.394 e. The lowest BCUT2D eigenvalue weighted by Crippen LogP contribution is -2.55. The van der Waals surface area contributed by atoms with Gasteiger partial charge in [-0.1, -0.05) is 13.8 Å². The maximum absolute atomic E-state index is 9.57. The lowest BCUT2D eigenvalue weighted by Gasteiger charge is -2.34. The zero-order valence-electron chi connectivity index (χ0n) is 8.99. The SMILES string of the molecule is CCC(CC)(CO)NC1COCC1O. The van der Waals surface area contributed by atoms with Crippen molar-refractivity contribution in [3.05, 3.63) is 0 Å². The predicted octanol–water partition coefficient (Wildman–Crippen LogP) is -0.113. The first-order chi connectivity index (χ1) is 6.67. The van der Waals surface area contributed by atoms with Crippen LogP contribution >= 0.6 is 0 Å². The van der Waals surface area contributed by atoms with Gasteiger partial charge in [-0.15, -0.1) is 0 Å². The molecule has 0 bridgehead atoms. The number of hydrogen-bond acceptors (Lipinski definition) is 4. The first-order valence-corrected chi connectivity index (χ1v) is 5.32. The molecule has 1 saturated heterocycles. The van der Waals surface area contributed by atoms with Gasteiger partial charge in [-0.3, -0.25) is 0 Å². The Hall–Kier alpha value is -0.160. The van der Waals surface area contributed by atoms with Crippen molar-refractivity contribution in [1.82, 2.24) is 5.32 Å². The zero-order chi connectivity index (χ0) is 10.6. The maximum Gasteiger partial charge on any atom is 0.0948 e. The van der Waals surface area contributed by atoms with Crippen LogP contribution in [0.5, 0.6) is 0 Å². The van der Waals surface area contributed by atoms with Gasteiger partial charge in [0.2, 0.25) is 0 Å². The van der Waals surface area contributed by atoms with Crippen molar-refractivity contribution in [1.29, 1.82) is 0 Å². The van der Waals surface area contributed by atoms with Crippen molar-refractivity contribution >= 4 is 0 Å². The van der Waals surface area contributed by atoms with Crippen LogP contribution in [0.1, 0.15) is 26.7 Å². The second kappa shape index (κ2) is 5.07. The third-order valence-corrected chi connectivity index (χ3v) is 3.20. The maximum atomic E-state index is 9.57. The molecule has 3 N–H and O–H groups in total. The highest BCUT2D eigenvalue weighted by Gasteiger charge is 2.34. The Morgan fingerprint density at radius 3 is 2.36 bits per heavy atom. The molecule has 4 heteroatoms. The van der Waals surface area contributed by atoms with Crippen molar-refractivity contribution in [3.63, 3.8) is 0 Å². The lowest BCUT2D eigenvalue weighted by molar-refractivity contribution is 0.0961. The van der Waals surface area contributed by atoms with Gasteiger partial charge in [0.05, 0.1) is 32.0 Å². The van der Waals surface area contributed by atoms with Crippen LogP contribution in [0.25, 0.3) is 0 Å². The molecule has 1 heterocycles. The average molecular weight is 203 g/mol. The van der Waals surface area contributed by atoms with Crippen molar-refractivity contribution in [2.75, 3.05) is 19.8 Å². The Balaban J connectivity index is 2.54. The van der Waals surface area contributed by atoms with Crippen LogP contribution in [0, 0.1) is 0 Å². The molecule has 1 aliphatic heterocycles. The topological polar surface area (TPSA) is 61.7 Å². The quantitative estimate of drug-likeness (QED) is 0.583. The highest BCUT2D eigenvalue weighted by atomic mass is 16.5. The molecular formula is C10H21NO3. The number of hydrogen-bond donors (Lipinski definition) is 3. The minimum Gasteiger partial charge on any atom is -0.394 e. The van der Waals surface area contributed by atoms with E-state index < -0.39 is 6.10 Å². The molecule has 0 amide bonds. The normalized spacial score (nSPS) is 28.3. The minimum atomic E-state index is -0.445. The molecule has 14 heavy (non-hydrogen) atoms. The Bertz CT molecular complexity index is 162. The summed E-state index contributed by atoms with van der Waals surface area (Å²) in [4.78, 5) is 0. The molecular weight excluding hydrogens is 182 g/mol. The van der Waals surface area contributed by atoms with E-state index in [0.717, 1.165) is 12.8 Å². The molecule has 0 aromatic heterocycles. The third-order valence-electron chi connectivity index (χ3n) is 3.20. The van der Waals surface area contributed by atoms with Gasteiger partial charge >= 0.3 is 0 Å². The number of aliphatic hydroxyl groups excluding tert-OH is 2. The molecule has 0 radical (unpaired) electrons. The molecule has 2 atom stereocenters. The fourth-order valence-corrected chi connectivity index (χ4v) is 1.80. The summed E-state index contributed by atoms with van der Waals surface area (Å²) in [6, 6.07) is -0.0398. The average Bonchev–Trinajstić information content (AvgIpc) is 2.61. The molecule has 0 spiro atoms. The first kappa shape index (κ1) is 11.9. The van der Waals surface area contributed by atoms with E-state index in [1.54, 1.807) is 0 Å². The second-order valence-electron chi connectivity index (χ2n) is 4.00. The predicted molar refractivity (Wildman–Crippen MR) is 54.1 cm³/mol. The molecule has 0 aliphatic carbocycles. The van der Waals surface area contributed by atoms with E-state index in [1.807, 2.05) is 13.8 Å². The highest BCUT2D eigenvalue weighted by Crippen LogP contribution is 2.18. The highest BCUT2D eigenvalue weighted by molar-refractivity contribution is 4.92. The van der Waals surface area contributed by atoms with Gasteiger partial charge in [-0.25, -0.2) is 0 Å². The van der Waals surface area contributed by atoms with Crippen LogP contribution in [-0.2, 0) is 4.74 Å². The molecule has 1 fully saturated rings. The Morgan fingerprint density at radius 1 is 1.36 bits per heavy atom. The Morgan fingerprint density at radius 2 is 2.00 bits per heavy atom. The number of rotatable bonds is 5. The first-order valence-electron chi connectivity index (χ1n) is 5.32. The Kier molecular flexibility index (Phi) is 4.31.